The summed E-state index contributed by atoms with van der Waals surface area (Å²) in [6.07, 6.45) is -0.351. The highest BCUT2D eigenvalue weighted by molar-refractivity contribution is 6.24. The quantitative estimate of drug-likeness (QED) is 0.396. The molecule has 3 aliphatic rings. The number of carbonyl (C=O) groups is 5. The number of amides is 3. The number of imide groups is 1. The first-order valence-electron chi connectivity index (χ1n) is 11.5. The molecular formula is C26H25N3O6. The van der Waals surface area contributed by atoms with Crippen LogP contribution in [0.3, 0.4) is 0 Å². The zero-order chi connectivity index (χ0) is 24.9. The Morgan fingerprint density at radius 2 is 1.71 bits per heavy atom. The van der Waals surface area contributed by atoms with Crippen molar-refractivity contribution in [3.05, 3.63) is 65.7 Å². The minimum Gasteiger partial charge on any atom is -0.469 e. The molecule has 3 amide bonds. The van der Waals surface area contributed by atoms with Gasteiger partial charge in [-0.15, -0.1) is 0 Å². The summed E-state index contributed by atoms with van der Waals surface area (Å²) >= 11 is 0. The lowest BCUT2D eigenvalue weighted by atomic mass is 9.76. The van der Waals surface area contributed by atoms with Crippen LogP contribution in [0.2, 0.25) is 0 Å². The molecule has 180 valence electrons. The van der Waals surface area contributed by atoms with Crippen molar-refractivity contribution < 1.29 is 28.7 Å². The summed E-state index contributed by atoms with van der Waals surface area (Å²) in [4.78, 5) is 68.6. The highest BCUT2D eigenvalue weighted by Gasteiger charge is 2.73. The van der Waals surface area contributed by atoms with E-state index in [1.807, 2.05) is 35.2 Å². The van der Waals surface area contributed by atoms with E-state index in [1.165, 1.54) is 14.0 Å². The summed E-state index contributed by atoms with van der Waals surface area (Å²) in [5.41, 5.74) is 0.00779. The molecule has 3 heterocycles. The molecule has 0 bridgehead atoms. The molecular weight excluding hydrogens is 450 g/mol. The van der Waals surface area contributed by atoms with Crippen LogP contribution in [0.1, 0.15) is 35.3 Å². The summed E-state index contributed by atoms with van der Waals surface area (Å²) in [6.45, 7) is 2.15. The molecule has 9 nitrogen and oxygen atoms in total. The number of nitrogens with one attached hydrogen (secondary N) is 1. The van der Waals surface area contributed by atoms with E-state index in [0.717, 1.165) is 10.5 Å². The van der Waals surface area contributed by atoms with Crippen LogP contribution in [0.5, 0.6) is 0 Å². The largest absolute Gasteiger partial charge is 0.469 e. The molecule has 0 unspecified atom stereocenters. The number of fused-ring (bicyclic) bond motifs is 3. The molecule has 3 saturated heterocycles. The number of piperazine rings is 1. The van der Waals surface area contributed by atoms with Gasteiger partial charge in [0.2, 0.25) is 17.7 Å². The van der Waals surface area contributed by atoms with Crippen molar-refractivity contribution in [2.24, 2.45) is 11.8 Å². The second-order valence-electron chi connectivity index (χ2n) is 9.10. The Kier molecular flexibility index (Phi) is 5.52. The Bertz CT molecular complexity index is 1230. The van der Waals surface area contributed by atoms with E-state index in [2.05, 4.69) is 5.32 Å². The monoisotopic (exact) mass is 475 g/mol. The van der Waals surface area contributed by atoms with Gasteiger partial charge in [0.15, 0.2) is 5.78 Å². The Labute approximate surface area is 202 Å². The van der Waals surface area contributed by atoms with Crippen molar-refractivity contribution in [2.45, 2.75) is 24.9 Å². The lowest BCUT2D eigenvalue weighted by Gasteiger charge is -2.45. The van der Waals surface area contributed by atoms with E-state index >= 15 is 0 Å². The zero-order valence-electron chi connectivity index (χ0n) is 19.4. The first kappa shape index (κ1) is 22.9. The van der Waals surface area contributed by atoms with E-state index in [9.17, 15) is 24.0 Å². The van der Waals surface area contributed by atoms with Crippen LogP contribution in [-0.4, -0.2) is 60.1 Å². The number of hydrogen-bond donors (Lipinski definition) is 1. The minimum atomic E-state index is -1.56. The number of rotatable bonds is 5. The van der Waals surface area contributed by atoms with Gasteiger partial charge in [0.25, 0.3) is 0 Å². The van der Waals surface area contributed by atoms with Crippen molar-refractivity contribution >= 4 is 35.2 Å². The number of methoxy groups -OCH3 is 1. The average Bonchev–Trinajstić information content (AvgIpc) is 3.30. The number of esters is 1. The third kappa shape index (κ3) is 3.30. The molecule has 0 radical (unpaired) electrons. The molecule has 2 aromatic rings. The number of hydrogen-bond acceptors (Lipinski definition) is 7. The van der Waals surface area contributed by atoms with E-state index in [0.29, 0.717) is 24.3 Å². The van der Waals surface area contributed by atoms with Gasteiger partial charge in [0.1, 0.15) is 5.54 Å². The fourth-order valence-electron chi connectivity index (χ4n) is 5.91. The molecule has 0 aromatic heterocycles. The number of benzene rings is 2. The van der Waals surface area contributed by atoms with Gasteiger partial charge in [-0.2, -0.15) is 0 Å². The molecule has 2 aromatic carbocycles. The number of anilines is 1. The first-order valence-corrected chi connectivity index (χ1v) is 11.5. The smallest absolute Gasteiger partial charge is 0.307 e. The van der Waals surface area contributed by atoms with Crippen LogP contribution in [0.25, 0.3) is 0 Å². The lowest BCUT2D eigenvalue weighted by molar-refractivity contribution is -0.154. The first-order chi connectivity index (χ1) is 16.8. The fraction of sp³-hybridized carbons (Fsp3) is 0.346. The maximum Gasteiger partial charge on any atom is 0.307 e. The molecule has 1 N–H and O–H groups in total. The number of ether oxygens (including phenoxy) is 1. The van der Waals surface area contributed by atoms with Crippen LogP contribution >= 0.6 is 0 Å². The van der Waals surface area contributed by atoms with Crippen molar-refractivity contribution in [2.75, 3.05) is 25.1 Å². The standard InChI is InChI=1S/C26H25N3O6/c1-15(30)16-8-10-18(11-9-16)29-23(32)20-21(24(29)33)26(14-19(31)35-2)25(34)27-12-13-28(26)22(20)17-6-4-3-5-7-17/h3-11,20-22H,12-14H2,1-2H3,(H,27,34)/t20-,21-,22-,26+/m1/s1. The SMILES string of the molecule is COC(=O)C[C@]12C(=O)NCCN1[C@H](c1ccccc1)[C@@H]1C(=O)N(c3ccc(C(C)=O)cc3)C(=O)[C@@H]12. The normalized spacial score (nSPS) is 27.9. The van der Waals surface area contributed by atoms with Gasteiger partial charge in [0.05, 0.1) is 31.1 Å². The molecule has 9 heteroatoms. The average molecular weight is 476 g/mol. The number of nitrogens with zero attached hydrogens (tertiary/aromatic N) is 2. The Morgan fingerprint density at radius 3 is 2.34 bits per heavy atom. The summed E-state index contributed by atoms with van der Waals surface area (Å²) < 4.78 is 4.92. The van der Waals surface area contributed by atoms with Gasteiger partial charge in [-0.05, 0) is 36.8 Å². The highest BCUT2D eigenvalue weighted by atomic mass is 16.5. The third-order valence-corrected chi connectivity index (χ3v) is 7.40. The van der Waals surface area contributed by atoms with Gasteiger partial charge < -0.3 is 10.1 Å². The predicted octanol–water partition coefficient (Wildman–Crippen LogP) is 1.48. The molecule has 0 aliphatic carbocycles. The molecule has 4 atom stereocenters. The molecule has 3 aliphatic heterocycles. The second kappa shape index (κ2) is 8.42. The van der Waals surface area contributed by atoms with Crippen LogP contribution in [-0.2, 0) is 23.9 Å². The van der Waals surface area contributed by atoms with Crippen LogP contribution < -0.4 is 10.2 Å². The Hall–Kier alpha value is -3.85. The number of Topliss-reactive ketones (excluding diaryl/α,β-unsaturated/α-hetero) is 1. The molecule has 5 rings (SSSR count). The molecule has 35 heavy (non-hydrogen) atoms. The highest BCUT2D eigenvalue weighted by Crippen LogP contribution is 2.57. The molecule has 3 fully saturated rings. The van der Waals surface area contributed by atoms with Gasteiger partial charge in [0, 0.05) is 24.7 Å². The van der Waals surface area contributed by atoms with E-state index in [-0.39, 0.29) is 12.2 Å². The van der Waals surface area contributed by atoms with Gasteiger partial charge in [-0.3, -0.25) is 28.9 Å². The van der Waals surface area contributed by atoms with Crippen LogP contribution in [0.4, 0.5) is 5.69 Å². The summed E-state index contributed by atoms with van der Waals surface area (Å²) in [5, 5.41) is 2.81. The second-order valence-corrected chi connectivity index (χ2v) is 9.10. The van der Waals surface area contributed by atoms with Crippen molar-refractivity contribution in [3.8, 4) is 0 Å². The van der Waals surface area contributed by atoms with Gasteiger partial charge >= 0.3 is 5.97 Å². The van der Waals surface area contributed by atoms with E-state index in [1.54, 1.807) is 24.3 Å². The Morgan fingerprint density at radius 1 is 1.03 bits per heavy atom. The van der Waals surface area contributed by atoms with Crippen molar-refractivity contribution in [1.82, 2.24) is 10.2 Å². The Balaban J connectivity index is 1.67. The predicted molar refractivity (Wildman–Crippen MR) is 124 cm³/mol. The summed E-state index contributed by atoms with van der Waals surface area (Å²) in [6, 6.07) is 14.9. The van der Waals surface area contributed by atoms with Crippen LogP contribution in [0.15, 0.2) is 54.6 Å². The summed E-state index contributed by atoms with van der Waals surface area (Å²) in [7, 11) is 1.23. The number of ketones is 1. The van der Waals surface area contributed by atoms with Crippen LogP contribution in [0, 0.1) is 11.8 Å². The maximum atomic E-state index is 13.9. The minimum absolute atomic E-state index is 0.136. The zero-order valence-corrected chi connectivity index (χ0v) is 19.4. The van der Waals surface area contributed by atoms with E-state index < -0.39 is 47.1 Å². The maximum absolute atomic E-state index is 13.9. The van der Waals surface area contributed by atoms with E-state index in [4.69, 9.17) is 4.74 Å². The summed E-state index contributed by atoms with van der Waals surface area (Å²) in [5.74, 6) is -4.15. The topological polar surface area (TPSA) is 113 Å². The van der Waals surface area contributed by atoms with Gasteiger partial charge in [-0.25, -0.2) is 4.90 Å². The molecule has 0 spiro atoms. The lowest BCUT2D eigenvalue weighted by Crippen LogP contribution is -2.67. The van der Waals surface area contributed by atoms with Gasteiger partial charge in [-0.1, -0.05) is 30.3 Å². The van der Waals surface area contributed by atoms with Crippen molar-refractivity contribution in [3.63, 3.8) is 0 Å². The van der Waals surface area contributed by atoms with Crippen molar-refractivity contribution in [1.29, 1.82) is 0 Å². The fourth-order valence-corrected chi connectivity index (χ4v) is 5.91. The third-order valence-electron chi connectivity index (χ3n) is 7.40. The molecule has 0 saturated carbocycles. The number of carbonyl (C=O) groups excluding carboxylic acids is 5.